The Morgan fingerprint density at radius 2 is 2.00 bits per heavy atom. The van der Waals surface area contributed by atoms with E-state index in [0.29, 0.717) is 0 Å². The Kier molecular flexibility index (Phi) is 4.05. The van der Waals surface area contributed by atoms with E-state index in [0.717, 1.165) is 6.07 Å². The number of hydrogen-bond donors (Lipinski definition) is 1. The smallest absolute Gasteiger partial charge is 0.543 e. The zero-order valence-electron chi connectivity index (χ0n) is 8.61. The van der Waals surface area contributed by atoms with Crippen LogP contribution < -0.4 is 44.1 Å². The summed E-state index contributed by atoms with van der Waals surface area (Å²) in [7, 11) is -4.50. The summed E-state index contributed by atoms with van der Waals surface area (Å²) < 4.78 is 40.2. The maximum Gasteiger partial charge on any atom is 1.00 e. The standard InChI is InChI=1S/C8H6O7S.Na/c9-7(10)8-14-4-2-1-3-5(6(4)15-8)16(11,12)13;/h1-3,8H,(H,9,10)(H,11,12,13);/q;+1/p-1. The van der Waals surface area contributed by atoms with Crippen molar-refractivity contribution in [2.45, 2.75) is 11.2 Å². The number of carboxylic acids is 1. The normalized spacial score (nSPS) is 17.4. The predicted octanol–water partition coefficient (Wildman–Crippen LogP) is -4.22. The van der Waals surface area contributed by atoms with Gasteiger partial charge in [-0.2, -0.15) is 8.42 Å². The van der Waals surface area contributed by atoms with Crippen LogP contribution in [-0.4, -0.2) is 25.2 Å². The molecule has 86 valence electrons. The van der Waals surface area contributed by atoms with Gasteiger partial charge >= 0.3 is 29.6 Å². The Morgan fingerprint density at radius 1 is 1.35 bits per heavy atom. The first-order valence-corrected chi connectivity index (χ1v) is 5.48. The van der Waals surface area contributed by atoms with Crippen molar-refractivity contribution in [1.29, 1.82) is 0 Å². The van der Waals surface area contributed by atoms with Crippen molar-refractivity contribution in [3.05, 3.63) is 18.2 Å². The number of benzene rings is 1. The molecule has 0 spiro atoms. The van der Waals surface area contributed by atoms with E-state index in [2.05, 4.69) is 0 Å². The van der Waals surface area contributed by atoms with Crippen molar-refractivity contribution in [2.75, 3.05) is 0 Å². The van der Waals surface area contributed by atoms with E-state index in [1.54, 1.807) is 0 Å². The molecule has 0 fully saturated rings. The second-order valence-electron chi connectivity index (χ2n) is 2.95. The fraction of sp³-hybridized carbons (Fsp3) is 0.125. The van der Waals surface area contributed by atoms with Crippen molar-refractivity contribution in [1.82, 2.24) is 0 Å². The molecule has 1 heterocycles. The molecule has 0 amide bonds. The van der Waals surface area contributed by atoms with Crippen LogP contribution in [0, 0.1) is 0 Å². The summed E-state index contributed by atoms with van der Waals surface area (Å²) >= 11 is 0. The van der Waals surface area contributed by atoms with E-state index in [9.17, 15) is 18.3 Å². The summed E-state index contributed by atoms with van der Waals surface area (Å²) in [5.41, 5.74) is 0. The molecule has 2 rings (SSSR count). The third-order valence-corrected chi connectivity index (χ3v) is 2.75. The number of carbonyl (C=O) groups is 1. The number of carboxylic acid groups (broad SMARTS) is 1. The van der Waals surface area contributed by atoms with Crippen LogP contribution >= 0.6 is 0 Å². The fourth-order valence-corrected chi connectivity index (χ4v) is 1.88. The van der Waals surface area contributed by atoms with Crippen molar-refractivity contribution in [3.8, 4) is 11.5 Å². The van der Waals surface area contributed by atoms with Crippen LogP contribution in [0.1, 0.15) is 0 Å². The van der Waals surface area contributed by atoms with Crippen LogP contribution in [0.25, 0.3) is 0 Å². The maximum absolute atomic E-state index is 10.9. The van der Waals surface area contributed by atoms with Gasteiger partial charge in [-0.15, -0.1) is 0 Å². The number of aliphatic carboxylic acids is 1. The third-order valence-electron chi connectivity index (χ3n) is 1.87. The van der Waals surface area contributed by atoms with Gasteiger partial charge in [-0.25, -0.2) is 0 Å². The Bertz CT molecular complexity index is 553. The molecule has 1 aliphatic rings. The second kappa shape index (κ2) is 4.83. The van der Waals surface area contributed by atoms with E-state index in [4.69, 9.17) is 14.0 Å². The van der Waals surface area contributed by atoms with Gasteiger partial charge in [0.25, 0.3) is 16.4 Å². The molecule has 0 radical (unpaired) electrons. The second-order valence-corrected chi connectivity index (χ2v) is 4.34. The summed E-state index contributed by atoms with van der Waals surface area (Å²) in [6.07, 6.45) is -1.71. The molecule has 1 atom stereocenters. The molecule has 0 saturated heterocycles. The Hall–Kier alpha value is -0.800. The summed E-state index contributed by atoms with van der Waals surface area (Å²) in [4.78, 5) is 9.91. The minimum Gasteiger partial charge on any atom is -0.543 e. The molecular formula is C8H5NaO7S. The van der Waals surface area contributed by atoms with Gasteiger partial charge in [-0.3, -0.25) is 4.55 Å². The first-order chi connectivity index (χ1) is 7.39. The van der Waals surface area contributed by atoms with E-state index in [-0.39, 0.29) is 41.1 Å². The van der Waals surface area contributed by atoms with E-state index < -0.39 is 27.3 Å². The topological polar surface area (TPSA) is 113 Å². The average molecular weight is 268 g/mol. The van der Waals surface area contributed by atoms with Crippen molar-refractivity contribution in [2.24, 2.45) is 0 Å². The van der Waals surface area contributed by atoms with Crippen LogP contribution in [-0.2, 0) is 14.9 Å². The Labute approximate surface area is 118 Å². The van der Waals surface area contributed by atoms with Gasteiger partial charge in [0.15, 0.2) is 11.5 Å². The van der Waals surface area contributed by atoms with E-state index in [1.165, 1.54) is 12.1 Å². The van der Waals surface area contributed by atoms with Gasteiger partial charge in [0.2, 0.25) is 0 Å². The minimum absolute atomic E-state index is 0. The van der Waals surface area contributed by atoms with Crippen LogP contribution in [0.2, 0.25) is 0 Å². The summed E-state index contributed by atoms with van der Waals surface area (Å²) in [5, 5.41) is 10.5. The average Bonchev–Trinajstić information content (AvgIpc) is 2.58. The van der Waals surface area contributed by atoms with Crippen LogP contribution in [0.3, 0.4) is 0 Å². The zero-order chi connectivity index (χ0) is 11.9. The number of fused-ring (bicyclic) bond motifs is 1. The first-order valence-electron chi connectivity index (χ1n) is 4.04. The summed E-state index contributed by atoms with van der Waals surface area (Å²) in [5.74, 6) is -2.05. The molecule has 1 unspecified atom stereocenters. The van der Waals surface area contributed by atoms with Crippen molar-refractivity contribution in [3.63, 3.8) is 0 Å². The number of hydrogen-bond acceptors (Lipinski definition) is 6. The molecule has 7 nitrogen and oxygen atoms in total. The number of ether oxygens (including phenoxy) is 2. The quantitative estimate of drug-likeness (QED) is 0.427. The molecule has 0 aliphatic carbocycles. The predicted molar refractivity (Wildman–Crippen MR) is 46.3 cm³/mol. The molecule has 0 aromatic heterocycles. The number of rotatable bonds is 2. The maximum atomic E-state index is 10.9. The van der Waals surface area contributed by atoms with Gasteiger partial charge in [0, 0.05) is 0 Å². The Balaban J connectivity index is 0.00000144. The van der Waals surface area contributed by atoms with Gasteiger partial charge in [-0.1, -0.05) is 6.07 Å². The fourth-order valence-electron chi connectivity index (χ4n) is 1.25. The largest absolute Gasteiger partial charge is 1.00 e. The van der Waals surface area contributed by atoms with Gasteiger partial charge in [-0.05, 0) is 12.1 Å². The first kappa shape index (κ1) is 14.3. The molecule has 1 aromatic rings. The molecule has 1 aromatic carbocycles. The Morgan fingerprint density at radius 3 is 2.53 bits per heavy atom. The number of para-hydroxylation sites is 1. The van der Waals surface area contributed by atoms with Gasteiger partial charge in [0.05, 0.1) is 0 Å². The van der Waals surface area contributed by atoms with Gasteiger partial charge < -0.3 is 19.4 Å². The molecule has 0 bridgehead atoms. The molecule has 1 aliphatic heterocycles. The molecule has 9 heteroatoms. The molecular weight excluding hydrogens is 263 g/mol. The van der Waals surface area contributed by atoms with E-state index in [1.807, 2.05) is 0 Å². The minimum atomic E-state index is -4.50. The summed E-state index contributed by atoms with van der Waals surface area (Å²) in [6, 6.07) is 3.66. The van der Waals surface area contributed by atoms with Crippen LogP contribution in [0.15, 0.2) is 23.1 Å². The zero-order valence-corrected chi connectivity index (χ0v) is 11.4. The van der Waals surface area contributed by atoms with Gasteiger partial charge in [0.1, 0.15) is 10.9 Å². The monoisotopic (exact) mass is 268 g/mol. The summed E-state index contributed by atoms with van der Waals surface area (Å²) in [6.45, 7) is 0. The molecule has 1 N–H and O–H groups in total. The van der Waals surface area contributed by atoms with E-state index >= 15 is 0 Å². The van der Waals surface area contributed by atoms with Crippen molar-refractivity contribution < 1.29 is 61.9 Å². The SMILES string of the molecule is O=C([O-])C1Oc2cccc(S(=O)(=O)O)c2O1.[Na+]. The van der Waals surface area contributed by atoms with Crippen molar-refractivity contribution >= 4 is 16.1 Å². The molecule has 17 heavy (non-hydrogen) atoms. The molecule has 0 saturated carbocycles. The third kappa shape index (κ3) is 2.72. The number of carbonyl (C=O) groups excluding carboxylic acids is 1. The van der Waals surface area contributed by atoms with Crippen LogP contribution in [0.5, 0.6) is 11.5 Å². The van der Waals surface area contributed by atoms with Crippen LogP contribution in [0.4, 0.5) is 0 Å².